The van der Waals surface area contributed by atoms with Crippen LogP contribution in [0.5, 0.6) is 0 Å². The van der Waals surface area contributed by atoms with Crippen LogP contribution in [0.4, 0.5) is 0 Å². The smallest absolute Gasteiger partial charge is 0.142 e. The highest BCUT2D eigenvalue weighted by molar-refractivity contribution is 7.86. The van der Waals surface area contributed by atoms with Gasteiger partial charge < -0.3 is 0 Å². The molecule has 0 aliphatic heterocycles. The van der Waals surface area contributed by atoms with E-state index in [1.54, 1.807) is 6.26 Å². The van der Waals surface area contributed by atoms with Crippen LogP contribution < -0.4 is 0 Å². The molecule has 4 atom stereocenters. The molecule has 3 rings (SSSR count). The van der Waals surface area contributed by atoms with Crippen LogP contribution in [0.3, 0.4) is 0 Å². The molecule has 0 radical (unpaired) electrons. The van der Waals surface area contributed by atoms with Crippen molar-refractivity contribution in [3.8, 4) is 6.07 Å². The van der Waals surface area contributed by atoms with Crippen molar-refractivity contribution in [2.24, 2.45) is 11.8 Å². The largest absolute Gasteiger partial charge is 0.258 e. The van der Waals surface area contributed by atoms with Crippen LogP contribution in [-0.4, -0.2) is 15.2 Å². The van der Waals surface area contributed by atoms with Crippen LogP contribution >= 0.6 is 0 Å². The Bertz CT molecular complexity index is 416. The fourth-order valence-corrected chi connectivity index (χ4v) is 3.30. The summed E-state index contributed by atoms with van der Waals surface area (Å²) in [6, 6.07) is 2.28. The Morgan fingerprint density at radius 2 is 2.07 bits per heavy atom. The molecule has 0 heterocycles. The second-order valence-corrected chi connectivity index (χ2v) is 5.64. The van der Waals surface area contributed by atoms with Crippen molar-refractivity contribution < 1.29 is 4.21 Å². The average Bonchev–Trinajstić information content (AvgIpc) is 2.17. The van der Waals surface area contributed by atoms with Gasteiger partial charge in [-0.15, -0.1) is 0 Å². The molecule has 15 heavy (non-hydrogen) atoms. The first kappa shape index (κ1) is 10.4. The summed E-state index contributed by atoms with van der Waals surface area (Å²) in [6.07, 6.45) is 14.4. The standard InChI is InChI=1S/C12H13NOS/c1-15(14)12(9-13)8-10-4-2-3-5-11(12)7-6-10/h2-7,10-11H,8H2,1H3/b4-2?,5-3-/t10-,11+,12-,15?/m0/s1. The molecule has 3 aliphatic rings. The SMILES string of the molecule is CS(=O)[C@]1(C#N)C[C@H]2C=C/C=C\[C@@H]1C=C2. The van der Waals surface area contributed by atoms with Gasteiger partial charge in [0.1, 0.15) is 4.75 Å². The predicted octanol–water partition coefficient (Wildman–Crippen LogP) is 1.95. The van der Waals surface area contributed by atoms with Gasteiger partial charge in [0.15, 0.2) is 0 Å². The molecule has 0 aromatic carbocycles. The third-order valence-electron chi connectivity index (χ3n) is 3.13. The summed E-state index contributed by atoms with van der Waals surface area (Å²) < 4.78 is 11.1. The van der Waals surface area contributed by atoms with Gasteiger partial charge >= 0.3 is 0 Å². The van der Waals surface area contributed by atoms with E-state index in [2.05, 4.69) is 18.2 Å². The van der Waals surface area contributed by atoms with Crippen molar-refractivity contribution in [2.45, 2.75) is 11.2 Å². The van der Waals surface area contributed by atoms with E-state index in [0.717, 1.165) is 0 Å². The minimum Gasteiger partial charge on any atom is -0.258 e. The van der Waals surface area contributed by atoms with E-state index in [0.29, 0.717) is 6.42 Å². The number of hydrogen-bond acceptors (Lipinski definition) is 2. The summed E-state index contributed by atoms with van der Waals surface area (Å²) >= 11 is 0. The minimum absolute atomic E-state index is 0.0190. The Hall–Kier alpha value is -1.14. The molecule has 78 valence electrons. The molecular formula is C12H13NOS. The molecule has 2 bridgehead atoms. The predicted molar refractivity (Wildman–Crippen MR) is 61.4 cm³/mol. The molecule has 0 N–H and O–H groups in total. The molecule has 0 aromatic heterocycles. The lowest BCUT2D eigenvalue weighted by molar-refractivity contribution is 0.483. The quantitative estimate of drug-likeness (QED) is 0.632. The number of nitriles is 1. The maximum absolute atomic E-state index is 11.8. The Kier molecular flexibility index (Phi) is 2.62. The lowest BCUT2D eigenvalue weighted by atomic mass is 9.77. The van der Waals surface area contributed by atoms with Gasteiger partial charge in [-0.25, -0.2) is 0 Å². The molecule has 1 unspecified atom stereocenters. The normalized spacial score (nSPS) is 41.6. The molecule has 0 saturated carbocycles. The van der Waals surface area contributed by atoms with E-state index in [1.165, 1.54) is 0 Å². The number of hydrogen-bond donors (Lipinski definition) is 0. The van der Waals surface area contributed by atoms with E-state index in [1.807, 2.05) is 24.3 Å². The van der Waals surface area contributed by atoms with Crippen LogP contribution in [0.1, 0.15) is 6.42 Å². The molecular weight excluding hydrogens is 206 g/mol. The lowest BCUT2D eigenvalue weighted by Crippen LogP contribution is -2.43. The first-order chi connectivity index (χ1) is 7.19. The van der Waals surface area contributed by atoms with Gasteiger partial charge in [0.05, 0.1) is 6.07 Å². The molecule has 2 nitrogen and oxygen atoms in total. The van der Waals surface area contributed by atoms with E-state index in [4.69, 9.17) is 0 Å². The second kappa shape index (κ2) is 3.79. The fourth-order valence-electron chi connectivity index (χ4n) is 2.21. The summed E-state index contributed by atoms with van der Waals surface area (Å²) in [4.78, 5) is 0. The van der Waals surface area contributed by atoms with E-state index in [9.17, 15) is 9.47 Å². The van der Waals surface area contributed by atoms with Gasteiger partial charge in [-0.2, -0.15) is 5.26 Å². The van der Waals surface area contributed by atoms with Gasteiger partial charge in [-0.05, 0) is 12.3 Å². The molecule has 0 fully saturated rings. The Morgan fingerprint density at radius 1 is 1.33 bits per heavy atom. The molecule has 0 spiro atoms. The van der Waals surface area contributed by atoms with Gasteiger partial charge in [0.2, 0.25) is 0 Å². The molecule has 3 heteroatoms. The first-order valence-electron chi connectivity index (χ1n) is 4.97. The van der Waals surface area contributed by atoms with Crippen LogP contribution in [-0.2, 0) is 10.8 Å². The van der Waals surface area contributed by atoms with Gasteiger partial charge in [0.25, 0.3) is 0 Å². The number of fused-ring (bicyclic) bond motifs is 2. The van der Waals surface area contributed by atoms with Crippen LogP contribution in [0.2, 0.25) is 0 Å². The average molecular weight is 219 g/mol. The topological polar surface area (TPSA) is 40.9 Å². The van der Waals surface area contributed by atoms with Gasteiger partial charge in [0, 0.05) is 23.0 Å². The van der Waals surface area contributed by atoms with Crippen molar-refractivity contribution >= 4 is 10.8 Å². The molecule has 0 saturated heterocycles. The highest BCUT2D eigenvalue weighted by atomic mass is 32.2. The fraction of sp³-hybridized carbons (Fsp3) is 0.417. The minimum atomic E-state index is -1.13. The highest BCUT2D eigenvalue weighted by Crippen LogP contribution is 2.38. The number of nitrogens with zero attached hydrogens (tertiary/aromatic N) is 1. The third-order valence-corrected chi connectivity index (χ3v) is 4.69. The van der Waals surface area contributed by atoms with Crippen molar-refractivity contribution in [3.63, 3.8) is 0 Å². The number of rotatable bonds is 1. The Balaban J connectivity index is 2.50. The maximum Gasteiger partial charge on any atom is 0.142 e. The monoisotopic (exact) mass is 219 g/mol. The summed E-state index contributed by atoms with van der Waals surface area (Å²) in [5.41, 5.74) is 0. The van der Waals surface area contributed by atoms with Crippen molar-refractivity contribution in [1.82, 2.24) is 0 Å². The Labute approximate surface area is 92.4 Å². The van der Waals surface area contributed by atoms with E-state index >= 15 is 0 Å². The van der Waals surface area contributed by atoms with Crippen molar-refractivity contribution in [1.29, 1.82) is 5.26 Å². The van der Waals surface area contributed by atoms with Gasteiger partial charge in [-0.1, -0.05) is 36.5 Å². The summed E-state index contributed by atoms with van der Waals surface area (Å²) in [5.74, 6) is 0.226. The lowest BCUT2D eigenvalue weighted by Gasteiger charge is -2.35. The summed E-state index contributed by atoms with van der Waals surface area (Å²) in [6.45, 7) is 0. The zero-order valence-corrected chi connectivity index (χ0v) is 9.41. The van der Waals surface area contributed by atoms with Crippen LogP contribution in [0, 0.1) is 23.2 Å². The third kappa shape index (κ3) is 1.59. The van der Waals surface area contributed by atoms with E-state index < -0.39 is 15.5 Å². The maximum atomic E-state index is 11.8. The van der Waals surface area contributed by atoms with Crippen molar-refractivity contribution in [3.05, 3.63) is 36.5 Å². The zero-order valence-electron chi connectivity index (χ0n) is 8.59. The van der Waals surface area contributed by atoms with E-state index in [-0.39, 0.29) is 11.8 Å². The van der Waals surface area contributed by atoms with Crippen molar-refractivity contribution in [2.75, 3.05) is 6.26 Å². The summed E-state index contributed by atoms with van der Waals surface area (Å²) in [5, 5.41) is 9.32. The summed E-state index contributed by atoms with van der Waals surface area (Å²) in [7, 11) is -1.13. The molecule has 0 aromatic rings. The first-order valence-corrected chi connectivity index (χ1v) is 6.53. The van der Waals surface area contributed by atoms with Gasteiger partial charge in [-0.3, -0.25) is 4.21 Å². The number of allylic oxidation sites excluding steroid dienone is 6. The molecule has 0 amide bonds. The molecule has 3 aliphatic carbocycles. The highest BCUT2D eigenvalue weighted by Gasteiger charge is 2.44. The Morgan fingerprint density at radius 3 is 2.73 bits per heavy atom. The second-order valence-electron chi connectivity index (χ2n) is 4.00. The van der Waals surface area contributed by atoms with Crippen LogP contribution in [0.25, 0.3) is 0 Å². The van der Waals surface area contributed by atoms with Crippen LogP contribution in [0.15, 0.2) is 36.5 Å². The zero-order chi connectivity index (χ0) is 10.9.